The minimum Gasteiger partial charge on any atom is -0.463 e. The van der Waals surface area contributed by atoms with Crippen molar-refractivity contribution >= 4 is 5.97 Å². The van der Waals surface area contributed by atoms with Gasteiger partial charge in [0.25, 0.3) is 0 Å². The van der Waals surface area contributed by atoms with Crippen molar-refractivity contribution in [1.82, 2.24) is 0 Å². The number of carbonyl (C=O) groups excluding carboxylic acids is 1. The lowest BCUT2D eigenvalue weighted by molar-refractivity contribution is -0.173. The van der Waals surface area contributed by atoms with Crippen LogP contribution >= 0.6 is 0 Å². The first-order valence-electron chi connectivity index (χ1n) is 8.65. The van der Waals surface area contributed by atoms with Crippen molar-refractivity contribution in [3.05, 3.63) is 0 Å². The van der Waals surface area contributed by atoms with Crippen molar-refractivity contribution in [2.75, 3.05) is 39.6 Å². The fraction of sp³-hybridized carbons (Fsp3) is 0.941. The Bertz CT molecular complexity index is 346. The number of carbonyl (C=O) groups is 1. The highest BCUT2D eigenvalue weighted by Gasteiger charge is 2.55. The highest BCUT2D eigenvalue weighted by Crippen LogP contribution is 2.60. The number of hydrogen-bond donors (Lipinski definition) is 1. The molecule has 22 heavy (non-hydrogen) atoms. The summed E-state index contributed by atoms with van der Waals surface area (Å²) in [7, 11) is 0. The lowest BCUT2D eigenvalue weighted by Crippen LogP contribution is -2.50. The van der Waals surface area contributed by atoms with Gasteiger partial charge in [-0.2, -0.15) is 0 Å². The van der Waals surface area contributed by atoms with Gasteiger partial charge in [-0.25, -0.2) is 0 Å². The molecule has 126 valence electrons. The predicted octanol–water partition coefficient (Wildman–Crippen LogP) is 1.77. The summed E-state index contributed by atoms with van der Waals surface area (Å²) < 4.78 is 16.0. The molecule has 4 aliphatic carbocycles. The third-order valence-corrected chi connectivity index (χ3v) is 5.54. The Labute approximate surface area is 132 Å². The molecule has 0 aromatic heterocycles. The smallest absolute Gasteiger partial charge is 0.312 e. The van der Waals surface area contributed by atoms with E-state index in [0.717, 1.165) is 37.0 Å². The van der Waals surface area contributed by atoms with Crippen LogP contribution in [0.15, 0.2) is 0 Å². The van der Waals surface area contributed by atoms with Crippen LogP contribution in [-0.2, 0) is 19.0 Å². The molecule has 5 nitrogen and oxygen atoms in total. The van der Waals surface area contributed by atoms with Gasteiger partial charge in [0.05, 0.1) is 38.4 Å². The van der Waals surface area contributed by atoms with E-state index in [1.165, 1.54) is 19.3 Å². The predicted molar refractivity (Wildman–Crippen MR) is 80.3 cm³/mol. The normalized spacial score (nSPS) is 35.8. The summed E-state index contributed by atoms with van der Waals surface area (Å²) in [6, 6.07) is 0. The largest absolute Gasteiger partial charge is 0.463 e. The van der Waals surface area contributed by atoms with E-state index < -0.39 is 0 Å². The number of ether oxygens (including phenoxy) is 3. The molecule has 0 aromatic carbocycles. The molecule has 4 saturated carbocycles. The Hall–Kier alpha value is -0.650. The maximum absolute atomic E-state index is 12.5. The van der Waals surface area contributed by atoms with Gasteiger partial charge in [0.2, 0.25) is 0 Å². The van der Waals surface area contributed by atoms with E-state index in [9.17, 15) is 4.79 Å². The van der Waals surface area contributed by atoms with Gasteiger partial charge in [-0.3, -0.25) is 4.79 Å². The minimum absolute atomic E-state index is 0.0201. The molecule has 0 aromatic rings. The van der Waals surface area contributed by atoms with E-state index in [0.29, 0.717) is 33.0 Å². The van der Waals surface area contributed by atoms with Gasteiger partial charge in [-0.15, -0.1) is 0 Å². The van der Waals surface area contributed by atoms with Crippen LogP contribution in [0.2, 0.25) is 0 Å². The standard InChI is InChI=1S/C17H28O5/c18-1-2-20-3-4-21-5-6-22-16(19)17-10-13-7-14(11-17)9-15(8-13)12-17/h13-15,18H,1-12H2. The van der Waals surface area contributed by atoms with Gasteiger partial charge < -0.3 is 19.3 Å². The molecule has 4 aliphatic rings. The first-order chi connectivity index (χ1) is 10.7. The van der Waals surface area contributed by atoms with Crippen molar-refractivity contribution < 1.29 is 24.1 Å². The van der Waals surface area contributed by atoms with Crippen LogP contribution in [0, 0.1) is 23.2 Å². The van der Waals surface area contributed by atoms with Crippen LogP contribution in [0.3, 0.4) is 0 Å². The van der Waals surface area contributed by atoms with E-state index in [-0.39, 0.29) is 18.0 Å². The molecule has 0 spiro atoms. The molecule has 4 rings (SSSR count). The van der Waals surface area contributed by atoms with Crippen LogP contribution in [-0.4, -0.2) is 50.7 Å². The van der Waals surface area contributed by atoms with E-state index >= 15 is 0 Å². The monoisotopic (exact) mass is 312 g/mol. The zero-order valence-corrected chi connectivity index (χ0v) is 13.3. The summed E-state index contributed by atoms with van der Waals surface area (Å²) in [5.41, 5.74) is -0.168. The van der Waals surface area contributed by atoms with E-state index in [4.69, 9.17) is 19.3 Å². The van der Waals surface area contributed by atoms with Crippen molar-refractivity contribution in [3.8, 4) is 0 Å². The third kappa shape index (κ3) is 3.63. The van der Waals surface area contributed by atoms with E-state index in [1.54, 1.807) is 0 Å². The first kappa shape index (κ1) is 16.2. The number of esters is 1. The summed E-state index contributed by atoms with van der Waals surface area (Å²) in [6.45, 7) is 2.05. The summed E-state index contributed by atoms with van der Waals surface area (Å²) in [6.07, 6.45) is 7.16. The fourth-order valence-corrected chi connectivity index (χ4v) is 5.09. The molecule has 0 radical (unpaired) electrons. The maximum Gasteiger partial charge on any atom is 0.312 e. The molecular weight excluding hydrogens is 284 g/mol. The maximum atomic E-state index is 12.5. The molecule has 0 unspecified atom stereocenters. The van der Waals surface area contributed by atoms with Crippen molar-refractivity contribution in [2.45, 2.75) is 38.5 Å². The third-order valence-electron chi connectivity index (χ3n) is 5.54. The minimum atomic E-state index is -0.168. The summed E-state index contributed by atoms with van der Waals surface area (Å²) >= 11 is 0. The quantitative estimate of drug-likeness (QED) is 0.519. The zero-order chi connectivity index (χ0) is 15.4. The summed E-state index contributed by atoms with van der Waals surface area (Å²) in [5, 5.41) is 8.56. The second-order valence-corrected chi connectivity index (χ2v) is 7.28. The molecular formula is C17H28O5. The van der Waals surface area contributed by atoms with Crippen LogP contribution < -0.4 is 0 Å². The number of aliphatic hydroxyl groups is 1. The van der Waals surface area contributed by atoms with Gasteiger partial charge in [0, 0.05) is 0 Å². The van der Waals surface area contributed by atoms with Gasteiger partial charge in [-0.1, -0.05) is 0 Å². The second kappa shape index (κ2) is 7.28. The van der Waals surface area contributed by atoms with E-state index in [1.807, 2.05) is 0 Å². The van der Waals surface area contributed by atoms with E-state index in [2.05, 4.69) is 0 Å². The average molecular weight is 312 g/mol. The molecule has 0 saturated heterocycles. The second-order valence-electron chi connectivity index (χ2n) is 7.28. The Morgan fingerprint density at radius 3 is 1.91 bits per heavy atom. The Morgan fingerprint density at radius 2 is 1.36 bits per heavy atom. The van der Waals surface area contributed by atoms with Gasteiger partial charge in [-0.05, 0) is 56.3 Å². The van der Waals surface area contributed by atoms with Crippen LogP contribution in [0.5, 0.6) is 0 Å². The molecule has 1 N–H and O–H groups in total. The van der Waals surface area contributed by atoms with Gasteiger partial charge in [0.15, 0.2) is 0 Å². The summed E-state index contributed by atoms with van der Waals surface area (Å²) in [4.78, 5) is 12.5. The molecule has 0 aliphatic heterocycles. The first-order valence-corrected chi connectivity index (χ1v) is 8.65. The Kier molecular flexibility index (Phi) is 5.37. The number of hydrogen-bond acceptors (Lipinski definition) is 5. The Balaban J connectivity index is 1.34. The molecule has 0 amide bonds. The van der Waals surface area contributed by atoms with Gasteiger partial charge >= 0.3 is 5.97 Å². The van der Waals surface area contributed by atoms with Crippen molar-refractivity contribution in [1.29, 1.82) is 0 Å². The summed E-state index contributed by atoms with van der Waals surface area (Å²) in [5.74, 6) is 2.31. The lowest BCUT2D eigenvalue weighted by Gasteiger charge is -2.55. The molecule has 5 heteroatoms. The van der Waals surface area contributed by atoms with Crippen LogP contribution in [0.4, 0.5) is 0 Å². The van der Waals surface area contributed by atoms with Crippen molar-refractivity contribution in [2.24, 2.45) is 23.2 Å². The Morgan fingerprint density at radius 1 is 0.864 bits per heavy atom. The SMILES string of the molecule is O=C(OCCOCCOCCO)C12CC3CC(CC(C3)C1)C2. The van der Waals surface area contributed by atoms with Crippen molar-refractivity contribution in [3.63, 3.8) is 0 Å². The molecule has 4 bridgehead atoms. The topological polar surface area (TPSA) is 65.0 Å². The average Bonchev–Trinajstić information content (AvgIpc) is 2.48. The van der Waals surface area contributed by atoms with Crippen LogP contribution in [0.1, 0.15) is 38.5 Å². The highest BCUT2D eigenvalue weighted by atomic mass is 16.6. The zero-order valence-electron chi connectivity index (χ0n) is 13.3. The lowest BCUT2D eigenvalue weighted by atomic mass is 9.49. The molecule has 0 atom stereocenters. The molecule has 4 fully saturated rings. The number of aliphatic hydroxyl groups excluding tert-OH is 1. The fourth-order valence-electron chi connectivity index (χ4n) is 5.09. The highest BCUT2D eigenvalue weighted by molar-refractivity contribution is 5.77. The number of rotatable bonds is 9. The van der Waals surface area contributed by atoms with Gasteiger partial charge in [0.1, 0.15) is 6.61 Å². The molecule has 0 heterocycles. The van der Waals surface area contributed by atoms with Crippen LogP contribution in [0.25, 0.3) is 0 Å².